The number of nitriles is 1. The molecule has 0 unspecified atom stereocenters. The molecule has 96 valence electrons. The van der Waals surface area contributed by atoms with Gasteiger partial charge in [-0.3, -0.25) is 0 Å². The second kappa shape index (κ2) is 5.27. The van der Waals surface area contributed by atoms with Gasteiger partial charge in [0.15, 0.2) is 0 Å². The quantitative estimate of drug-likeness (QED) is 0.778. The van der Waals surface area contributed by atoms with Crippen molar-refractivity contribution < 1.29 is 22.7 Å². The SMILES string of the molecule is CCOC(=O)c1c(C#N)cc(Cl)cc1C(F)(F)F. The Labute approximate surface area is 106 Å². The molecule has 0 saturated carbocycles. The molecule has 0 spiro atoms. The maximum atomic E-state index is 12.8. The van der Waals surface area contributed by atoms with E-state index in [1.807, 2.05) is 0 Å². The fourth-order valence-corrected chi connectivity index (χ4v) is 1.56. The van der Waals surface area contributed by atoms with E-state index in [4.69, 9.17) is 16.9 Å². The van der Waals surface area contributed by atoms with Gasteiger partial charge in [0.05, 0.1) is 23.3 Å². The Hall–Kier alpha value is -1.74. The van der Waals surface area contributed by atoms with Crippen LogP contribution in [0.3, 0.4) is 0 Å². The van der Waals surface area contributed by atoms with Crippen LogP contribution in [0, 0.1) is 11.3 Å². The molecule has 1 rings (SSSR count). The molecule has 0 N–H and O–H groups in total. The van der Waals surface area contributed by atoms with Crippen LogP contribution in [0.1, 0.15) is 28.4 Å². The summed E-state index contributed by atoms with van der Waals surface area (Å²) in [6.45, 7) is 1.36. The van der Waals surface area contributed by atoms with E-state index >= 15 is 0 Å². The number of esters is 1. The molecule has 1 aromatic carbocycles. The monoisotopic (exact) mass is 277 g/mol. The average Bonchev–Trinajstić information content (AvgIpc) is 2.26. The van der Waals surface area contributed by atoms with E-state index in [9.17, 15) is 18.0 Å². The first kappa shape index (κ1) is 14.3. The predicted octanol–water partition coefficient (Wildman–Crippen LogP) is 3.41. The van der Waals surface area contributed by atoms with Gasteiger partial charge < -0.3 is 4.74 Å². The summed E-state index contributed by atoms with van der Waals surface area (Å²) in [5.74, 6) is -1.20. The first-order valence-corrected chi connectivity index (χ1v) is 5.17. The Bertz CT molecular complexity index is 520. The minimum absolute atomic E-state index is 0.0936. The predicted molar refractivity (Wildman–Crippen MR) is 57.1 cm³/mol. The fourth-order valence-electron chi connectivity index (χ4n) is 1.34. The Morgan fingerprint density at radius 1 is 1.50 bits per heavy atom. The van der Waals surface area contributed by atoms with Crippen LogP contribution in [0.15, 0.2) is 12.1 Å². The summed E-state index contributed by atoms with van der Waals surface area (Å²) in [4.78, 5) is 11.5. The number of carbonyl (C=O) groups excluding carboxylic acids is 1. The number of benzene rings is 1. The van der Waals surface area contributed by atoms with Crippen LogP contribution >= 0.6 is 11.6 Å². The van der Waals surface area contributed by atoms with Gasteiger partial charge in [-0.05, 0) is 19.1 Å². The van der Waals surface area contributed by atoms with Crippen molar-refractivity contribution >= 4 is 17.6 Å². The van der Waals surface area contributed by atoms with Gasteiger partial charge >= 0.3 is 12.1 Å². The largest absolute Gasteiger partial charge is 0.462 e. The minimum atomic E-state index is -4.79. The molecule has 0 amide bonds. The molecule has 0 aliphatic carbocycles. The van der Waals surface area contributed by atoms with Gasteiger partial charge in [-0.15, -0.1) is 0 Å². The van der Waals surface area contributed by atoms with Crippen LogP contribution in [0.25, 0.3) is 0 Å². The first-order valence-electron chi connectivity index (χ1n) is 4.79. The summed E-state index contributed by atoms with van der Waals surface area (Å²) in [5.41, 5.74) is -2.55. The number of hydrogen-bond donors (Lipinski definition) is 0. The Kier molecular flexibility index (Phi) is 4.19. The van der Waals surface area contributed by atoms with E-state index in [0.29, 0.717) is 6.07 Å². The maximum absolute atomic E-state index is 12.8. The van der Waals surface area contributed by atoms with Crippen molar-refractivity contribution in [2.24, 2.45) is 0 Å². The number of carbonyl (C=O) groups is 1. The van der Waals surface area contributed by atoms with Crippen LogP contribution < -0.4 is 0 Å². The lowest BCUT2D eigenvalue weighted by Gasteiger charge is -2.13. The van der Waals surface area contributed by atoms with Gasteiger partial charge in [-0.2, -0.15) is 18.4 Å². The Morgan fingerprint density at radius 3 is 2.56 bits per heavy atom. The molecule has 7 heteroatoms. The van der Waals surface area contributed by atoms with Gasteiger partial charge in [0.1, 0.15) is 6.07 Å². The van der Waals surface area contributed by atoms with Crippen LogP contribution in [0.2, 0.25) is 5.02 Å². The average molecular weight is 278 g/mol. The summed E-state index contributed by atoms with van der Waals surface area (Å²) in [6.07, 6.45) is -4.79. The first-order chi connectivity index (χ1) is 8.31. The zero-order valence-electron chi connectivity index (χ0n) is 9.14. The third-order valence-corrected chi connectivity index (χ3v) is 2.23. The highest BCUT2D eigenvalue weighted by atomic mass is 35.5. The standard InChI is InChI=1S/C11H7ClF3NO2/c1-2-18-10(17)9-6(5-16)3-7(12)4-8(9)11(13,14)15/h3-4H,2H2,1H3. The second-order valence-corrected chi connectivity index (χ2v) is 3.64. The second-order valence-electron chi connectivity index (χ2n) is 3.21. The molecule has 3 nitrogen and oxygen atoms in total. The van der Waals surface area contributed by atoms with E-state index in [1.54, 1.807) is 0 Å². The number of halogens is 4. The summed E-state index contributed by atoms with van der Waals surface area (Å²) in [6, 6.07) is 3.08. The van der Waals surface area contributed by atoms with E-state index in [2.05, 4.69) is 4.74 Å². The smallest absolute Gasteiger partial charge is 0.417 e. The Balaban J connectivity index is 3.54. The summed E-state index contributed by atoms with van der Waals surface area (Å²) < 4.78 is 42.8. The van der Waals surface area contributed by atoms with Crippen molar-refractivity contribution in [3.63, 3.8) is 0 Å². The van der Waals surface area contributed by atoms with Gasteiger partial charge in [-0.25, -0.2) is 4.79 Å². The molecule has 0 radical (unpaired) electrons. The van der Waals surface area contributed by atoms with Crippen molar-refractivity contribution in [2.45, 2.75) is 13.1 Å². The number of rotatable bonds is 2. The fraction of sp³-hybridized carbons (Fsp3) is 0.273. The summed E-state index contributed by atoms with van der Waals surface area (Å²) in [5, 5.41) is 8.50. The molecule has 0 fully saturated rings. The van der Waals surface area contributed by atoms with Crippen molar-refractivity contribution in [3.05, 3.63) is 33.8 Å². The molecule has 0 aromatic heterocycles. The summed E-state index contributed by atoms with van der Waals surface area (Å²) in [7, 11) is 0. The number of nitrogens with zero attached hydrogens (tertiary/aromatic N) is 1. The van der Waals surface area contributed by atoms with E-state index < -0.39 is 28.8 Å². The highest BCUT2D eigenvalue weighted by Gasteiger charge is 2.37. The molecule has 0 aliphatic rings. The molecule has 0 aliphatic heterocycles. The molecule has 0 atom stereocenters. The van der Waals surface area contributed by atoms with Crippen molar-refractivity contribution in [3.8, 4) is 6.07 Å². The molecular formula is C11H7ClF3NO2. The Morgan fingerprint density at radius 2 is 2.11 bits per heavy atom. The lowest BCUT2D eigenvalue weighted by Crippen LogP contribution is -2.17. The van der Waals surface area contributed by atoms with Gasteiger partial charge in [-0.1, -0.05) is 11.6 Å². The van der Waals surface area contributed by atoms with Gasteiger partial charge in [0.2, 0.25) is 0 Å². The third kappa shape index (κ3) is 2.93. The number of ether oxygens (including phenoxy) is 1. The van der Waals surface area contributed by atoms with Crippen LogP contribution in [0.5, 0.6) is 0 Å². The molecular weight excluding hydrogens is 271 g/mol. The molecule has 0 heterocycles. The zero-order valence-corrected chi connectivity index (χ0v) is 9.89. The molecule has 18 heavy (non-hydrogen) atoms. The minimum Gasteiger partial charge on any atom is -0.462 e. The van der Waals surface area contributed by atoms with Crippen LogP contribution in [0.4, 0.5) is 13.2 Å². The lowest BCUT2D eigenvalue weighted by atomic mass is 10.0. The molecule has 0 bridgehead atoms. The number of alkyl halides is 3. The highest BCUT2D eigenvalue weighted by Crippen LogP contribution is 2.35. The van der Waals surface area contributed by atoms with Crippen LogP contribution in [-0.2, 0) is 10.9 Å². The lowest BCUT2D eigenvalue weighted by molar-refractivity contribution is -0.138. The molecule has 1 aromatic rings. The summed E-state index contributed by atoms with van der Waals surface area (Å²) >= 11 is 5.49. The van der Waals surface area contributed by atoms with Crippen molar-refractivity contribution in [2.75, 3.05) is 6.61 Å². The number of hydrogen-bond acceptors (Lipinski definition) is 3. The van der Waals surface area contributed by atoms with E-state index in [-0.39, 0.29) is 11.6 Å². The van der Waals surface area contributed by atoms with E-state index in [1.165, 1.54) is 13.0 Å². The van der Waals surface area contributed by atoms with Gasteiger partial charge in [0.25, 0.3) is 0 Å². The normalized spacial score (nSPS) is 10.9. The maximum Gasteiger partial charge on any atom is 0.417 e. The van der Waals surface area contributed by atoms with Crippen molar-refractivity contribution in [1.29, 1.82) is 5.26 Å². The van der Waals surface area contributed by atoms with Crippen molar-refractivity contribution in [1.82, 2.24) is 0 Å². The van der Waals surface area contributed by atoms with E-state index in [0.717, 1.165) is 6.07 Å². The highest BCUT2D eigenvalue weighted by molar-refractivity contribution is 6.31. The molecule has 0 saturated heterocycles. The zero-order chi connectivity index (χ0) is 13.9. The van der Waals surface area contributed by atoms with Gasteiger partial charge in [0, 0.05) is 5.02 Å². The van der Waals surface area contributed by atoms with Crippen LogP contribution in [-0.4, -0.2) is 12.6 Å². The topological polar surface area (TPSA) is 50.1 Å². The third-order valence-electron chi connectivity index (χ3n) is 2.01.